The maximum Gasteiger partial charge on any atom is 0.562 e. The van der Waals surface area contributed by atoms with Gasteiger partial charge in [-0.1, -0.05) is 6.92 Å². The molecule has 0 heterocycles. The molecule has 106 valence electrons. The average molecular weight is 288 g/mol. The van der Waals surface area contributed by atoms with Gasteiger partial charge in [-0.05, 0) is 20.8 Å². The van der Waals surface area contributed by atoms with E-state index in [1.165, 1.54) is 0 Å². The molecular weight excluding hydrogens is 262 g/mol. The number of aliphatic hydroxyl groups excluding tert-OH is 1. The molecule has 4 unspecified atom stereocenters. The molecule has 0 rings (SSSR count). The van der Waals surface area contributed by atoms with Crippen molar-refractivity contribution in [3.63, 3.8) is 0 Å². The zero-order chi connectivity index (χ0) is 12.8. The highest BCUT2D eigenvalue weighted by molar-refractivity contribution is 6.61. The highest BCUT2D eigenvalue weighted by Gasteiger charge is 2.51. The first kappa shape index (κ1) is 19.6. The van der Waals surface area contributed by atoms with Gasteiger partial charge < -0.3 is 36.5 Å². The highest BCUT2D eigenvalue weighted by Crippen LogP contribution is 2.17. The predicted molar refractivity (Wildman–Crippen MR) is 63.6 cm³/mol. The first-order valence-corrected chi connectivity index (χ1v) is 7.61. The van der Waals surface area contributed by atoms with E-state index in [0.29, 0.717) is 6.61 Å². The molecule has 0 aromatic rings. The Balaban J connectivity index is 0. The van der Waals surface area contributed by atoms with Gasteiger partial charge in [-0.25, -0.2) is 0 Å². The van der Waals surface area contributed by atoms with E-state index >= 15 is 0 Å². The van der Waals surface area contributed by atoms with Gasteiger partial charge in [0.25, 0.3) is 0 Å². The standard InChI is InChI=1S/C10H25NO4Si.ClH/c1-6-10(11)16(13-5,14-7-2)15-9(4)8(3)12;/h8-10,12H,6-7,11H2,1-5H3;1H. The van der Waals surface area contributed by atoms with Crippen molar-refractivity contribution in [3.8, 4) is 0 Å². The molecule has 0 radical (unpaired) electrons. The second-order valence-electron chi connectivity index (χ2n) is 3.91. The number of quaternary nitrogens is 1. The second kappa shape index (κ2) is 9.27. The summed E-state index contributed by atoms with van der Waals surface area (Å²) in [6, 6.07) is 0. The quantitative estimate of drug-likeness (QED) is 0.466. The topological polar surface area (TPSA) is 75.6 Å². The molecule has 4 N–H and O–H groups in total. The summed E-state index contributed by atoms with van der Waals surface area (Å²) in [6.45, 7) is 7.95. The van der Waals surface area contributed by atoms with E-state index < -0.39 is 14.9 Å². The molecule has 0 spiro atoms. The van der Waals surface area contributed by atoms with Crippen LogP contribution in [0.1, 0.15) is 34.1 Å². The van der Waals surface area contributed by atoms with Crippen molar-refractivity contribution >= 4 is 8.80 Å². The van der Waals surface area contributed by atoms with E-state index in [9.17, 15) is 5.11 Å². The molecule has 0 saturated heterocycles. The van der Waals surface area contributed by atoms with Gasteiger partial charge in [0, 0.05) is 20.1 Å². The normalized spacial score (nSPS) is 19.9. The summed E-state index contributed by atoms with van der Waals surface area (Å²) in [4.78, 5) is 0. The van der Waals surface area contributed by atoms with Crippen LogP contribution in [-0.2, 0) is 13.3 Å². The molecule has 0 aliphatic heterocycles. The van der Waals surface area contributed by atoms with Crippen molar-refractivity contribution in [1.82, 2.24) is 0 Å². The van der Waals surface area contributed by atoms with Crippen molar-refractivity contribution < 1.29 is 36.5 Å². The van der Waals surface area contributed by atoms with Gasteiger partial charge in [-0.15, -0.1) is 0 Å². The van der Waals surface area contributed by atoms with E-state index in [2.05, 4.69) is 5.73 Å². The molecule has 0 fully saturated rings. The molecule has 0 aromatic heterocycles. The number of rotatable bonds is 8. The zero-order valence-corrected chi connectivity index (χ0v) is 13.2. The Morgan fingerprint density at radius 2 is 1.82 bits per heavy atom. The first-order chi connectivity index (χ1) is 7.43. The molecule has 0 aliphatic rings. The summed E-state index contributed by atoms with van der Waals surface area (Å²) >= 11 is 0. The SMILES string of the molecule is CCO[Si](OC)(OC(C)C(C)O)C([NH3+])CC.[Cl-]. The molecule has 5 nitrogen and oxygen atoms in total. The summed E-state index contributed by atoms with van der Waals surface area (Å²) in [6.07, 6.45) is -0.0347. The van der Waals surface area contributed by atoms with E-state index in [1.54, 1.807) is 14.0 Å². The van der Waals surface area contributed by atoms with E-state index in [0.717, 1.165) is 6.42 Å². The minimum Gasteiger partial charge on any atom is -1.00 e. The largest absolute Gasteiger partial charge is 1.00 e. The monoisotopic (exact) mass is 287 g/mol. The van der Waals surface area contributed by atoms with Gasteiger partial charge in [0.05, 0.1) is 12.2 Å². The van der Waals surface area contributed by atoms with E-state index in [-0.39, 0.29) is 24.2 Å². The van der Waals surface area contributed by atoms with Crippen LogP contribution in [-0.4, -0.2) is 45.5 Å². The summed E-state index contributed by atoms with van der Waals surface area (Å²) in [5.74, 6) is 0. The molecule has 0 saturated carbocycles. The number of halogens is 1. The summed E-state index contributed by atoms with van der Waals surface area (Å²) in [5, 5.41) is 9.47. The third-order valence-corrected chi connectivity index (χ3v) is 6.02. The van der Waals surface area contributed by atoms with Gasteiger partial charge in [0.15, 0.2) is 5.67 Å². The summed E-state index contributed by atoms with van der Waals surface area (Å²) in [5.41, 5.74) is 4.02. The van der Waals surface area contributed by atoms with Crippen LogP contribution in [0, 0.1) is 0 Å². The van der Waals surface area contributed by atoms with Crippen LogP contribution in [0.25, 0.3) is 0 Å². The van der Waals surface area contributed by atoms with E-state index in [1.807, 2.05) is 20.8 Å². The third kappa shape index (κ3) is 5.65. The van der Waals surface area contributed by atoms with Gasteiger partial charge in [-0.3, -0.25) is 0 Å². The van der Waals surface area contributed by atoms with Crippen LogP contribution in [0.2, 0.25) is 0 Å². The summed E-state index contributed by atoms with van der Waals surface area (Å²) in [7, 11) is -1.18. The molecule has 7 heteroatoms. The molecule has 17 heavy (non-hydrogen) atoms. The molecule has 4 atom stereocenters. The number of hydrogen-bond donors (Lipinski definition) is 2. The van der Waals surface area contributed by atoms with Crippen LogP contribution in [0.15, 0.2) is 0 Å². The molecule has 0 amide bonds. The molecule has 0 bridgehead atoms. The highest BCUT2D eigenvalue weighted by atomic mass is 35.5. The maximum atomic E-state index is 9.47. The number of hydrogen-bond acceptors (Lipinski definition) is 4. The molecule has 0 aromatic carbocycles. The van der Waals surface area contributed by atoms with Crippen LogP contribution in [0.4, 0.5) is 0 Å². The average Bonchev–Trinajstić information content (AvgIpc) is 2.26. The van der Waals surface area contributed by atoms with Gasteiger partial charge >= 0.3 is 8.80 Å². The molecular formula is C10H26ClNO4Si. The first-order valence-electron chi connectivity index (χ1n) is 5.81. The van der Waals surface area contributed by atoms with Crippen molar-refractivity contribution in [2.75, 3.05) is 13.7 Å². The van der Waals surface area contributed by atoms with Crippen molar-refractivity contribution in [2.24, 2.45) is 0 Å². The Labute approximate surface area is 111 Å². The second-order valence-corrected chi connectivity index (χ2v) is 6.87. The Morgan fingerprint density at radius 3 is 2.12 bits per heavy atom. The van der Waals surface area contributed by atoms with E-state index in [4.69, 9.17) is 13.3 Å². The Kier molecular flexibility index (Phi) is 10.7. The predicted octanol–water partition coefficient (Wildman–Crippen LogP) is -3.04. The Hall–Kier alpha value is 0.307. The smallest absolute Gasteiger partial charge is 0.562 e. The van der Waals surface area contributed by atoms with Crippen LogP contribution >= 0.6 is 0 Å². The zero-order valence-electron chi connectivity index (χ0n) is 11.4. The lowest BCUT2D eigenvalue weighted by atomic mass is 10.3. The van der Waals surface area contributed by atoms with Crippen molar-refractivity contribution in [3.05, 3.63) is 0 Å². The van der Waals surface area contributed by atoms with Crippen LogP contribution in [0.5, 0.6) is 0 Å². The minimum absolute atomic E-state index is 0. The lowest BCUT2D eigenvalue weighted by molar-refractivity contribution is -0.406. The molecule has 0 aliphatic carbocycles. The van der Waals surface area contributed by atoms with Gasteiger partial charge in [0.2, 0.25) is 0 Å². The van der Waals surface area contributed by atoms with Crippen LogP contribution in [0.3, 0.4) is 0 Å². The summed E-state index contributed by atoms with van der Waals surface area (Å²) < 4.78 is 17.0. The van der Waals surface area contributed by atoms with Gasteiger partial charge in [-0.2, -0.15) is 0 Å². The third-order valence-electron chi connectivity index (χ3n) is 2.65. The fourth-order valence-corrected chi connectivity index (χ4v) is 3.99. The maximum absolute atomic E-state index is 9.47. The lowest BCUT2D eigenvalue weighted by Gasteiger charge is -2.33. The van der Waals surface area contributed by atoms with Crippen molar-refractivity contribution in [1.29, 1.82) is 0 Å². The van der Waals surface area contributed by atoms with Gasteiger partial charge in [0.1, 0.15) is 0 Å². The number of aliphatic hydroxyl groups is 1. The van der Waals surface area contributed by atoms with Crippen LogP contribution < -0.4 is 18.1 Å². The minimum atomic E-state index is -2.77. The lowest BCUT2D eigenvalue weighted by Crippen LogP contribution is -3.00. The Morgan fingerprint density at radius 1 is 1.29 bits per heavy atom. The van der Waals surface area contributed by atoms with Crippen molar-refractivity contribution in [2.45, 2.75) is 52.0 Å². The Bertz CT molecular complexity index is 199. The fraction of sp³-hybridized carbons (Fsp3) is 1.00. The fourth-order valence-electron chi connectivity index (χ4n) is 1.33.